The molecule has 0 aliphatic heterocycles. The number of carboxylic acid groups (broad SMARTS) is 1. The number of aliphatic carboxylic acids is 1. The lowest BCUT2D eigenvalue weighted by atomic mass is 9.49. The Hall–Kier alpha value is -0.790. The molecule has 0 radical (unpaired) electrons. The van der Waals surface area contributed by atoms with Crippen LogP contribution in [-0.4, -0.2) is 11.1 Å². The van der Waals surface area contributed by atoms with Gasteiger partial charge in [0.05, 0.1) is 0 Å². The van der Waals surface area contributed by atoms with Gasteiger partial charge in [-0.25, -0.2) is 4.79 Å². The molecule has 2 heteroatoms. The molecule has 2 atom stereocenters. The zero-order valence-electron chi connectivity index (χ0n) is 7.50. The first-order chi connectivity index (χ1) is 5.53. The summed E-state index contributed by atoms with van der Waals surface area (Å²) in [6.07, 6.45) is 3.96. The van der Waals surface area contributed by atoms with Gasteiger partial charge in [-0.15, -0.1) is 0 Å². The van der Waals surface area contributed by atoms with Gasteiger partial charge in [-0.3, -0.25) is 0 Å². The van der Waals surface area contributed by atoms with E-state index in [0.717, 1.165) is 18.8 Å². The predicted octanol–water partition coefficient (Wildman–Crippen LogP) is 2.06. The van der Waals surface area contributed by atoms with Crippen LogP contribution in [0.5, 0.6) is 0 Å². The van der Waals surface area contributed by atoms with E-state index in [1.54, 1.807) is 0 Å². The summed E-state index contributed by atoms with van der Waals surface area (Å²) in [7, 11) is 0. The normalized spacial score (nSPS) is 36.7. The molecule has 2 bridgehead atoms. The molecule has 0 amide bonds. The molecule has 0 aromatic heterocycles. The first-order valence-electron chi connectivity index (χ1n) is 4.47. The lowest BCUT2D eigenvalue weighted by Crippen LogP contribution is -2.49. The van der Waals surface area contributed by atoms with Crippen LogP contribution in [0, 0.1) is 17.3 Å². The highest BCUT2D eigenvalue weighted by Crippen LogP contribution is 2.59. The van der Waals surface area contributed by atoms with Crippen LogP contribution in [-0.2, 0) is 4.79 Å². The molecule has 66 valence electrons. The van der Waals surface area contributed by atoms with E-state index in [1.807, 2.05) is 6.08 Å². The fourth-order valence-electron chi connectivity index (χ4n) is 2.59. The van der Waals surface area contributed by atoms with Crippen LogP contribution < -0.4 is 0 Å². The summed E-state index contributed by atoms with van der Waals surface area (Å²) in [5.74, 6) is 0.325. The second-order valence-electron chi connectivity index (χ2n) is 4.51. The largest absolute Gasteiger partial charge is 0.478 e. The molecule has 12 heavy (non-hydrogen) atoms. The molecular formula is C10H14O2. The third-order valence-electron chi connectivity index (χ3n) is 3.72. The van der Waals surface area contributed by atoms with E-state index >= 15 is 0 Å². The fourth-order valence-corrected chi connectivity index (χ4v) is 2.59. The third-order valence-corrected chi connectivity index (χ3v) is 3.72. The Morgan fingerprint density at radius 3 is 2.67 bits per heavy atom. The van der Waals surface area contributed by atoms with Crippen LogP contribution in [0.15, 0.2) is 11.6 Å². The van der Waals surface area contributed by atoms with Gasteiger partial charge in [-0.2, -0.15) is 0 Å². The number of rotatable bonds is 1. The van der Waals surface area contributed by atoms with Gasteiger partial charge in [0.1, 0.15) is 0 Å². The van der Waals surface area contributed by atoms with E-state index in [4.69, 9.17) is 5.11 Å². The van der Waals surface area contributed by atoms with Crippen molar-refractivity contribution in [2.24, 2.45) is 17.3 Å². The molecular weight excluding hydrogens is 152 g/mol. The van der Waals surface area contributed by atoms with Gasteiger partial charge in [0.2, 0.25) is 0 Å². The third kappa shape index (κ3) is 0.780. The molecule has 1 saturated carbocycles. The monoisotopic (exact) mass is 166 g/mol. The van der Waals surface area contributed by atoms with E-state index in [1.165, 1.54) is 0 Å². The van der Waals surface area contributed by atoms with Crippen molar-refractivity contribution in [3.63, 3.8) is 0 Å². The molecule has 3 aliphatic rings. The van der Waals surface area contributed by atoms with Crippen molar-refractivity contribution >= 4 is 5.97 Å². The number of hydrogen-bond acceptors (Lipinski definition) is 1. The fraction of sp³-hybridized carbons (Fsp3) is 0.700. The summed E-state index contributed by atoms with van der Waals surface area (Å²) in [5.41, 5.74) is 0.894. The second kappa shape index (κ2) is 2.12. The molecule has 2 nitrogen and oxygen atoms in total. The number of carbonyl (C=O) groups is 1. The van der Waals surface area contributed by atoms with Crippen LogP contribution >= 0.6 is 0 Å². The average molecular weight is 166 g/mol. The van der Waals surface area contributed by atoms with Crippen molar-refractivity contribution in [2.45, 2.75) is 26.7 Å². The number of allylic oxidation sites excluding steroid dienone is 1. The molecule has 0 saturated heterocycles. The molecule has 0 aromatic rings. The Morgan fingerprint density at radius 2 is 2.33 bits per heavy atom. The van der Waals surface area contributed by atoms with Gasteiger partial charge in [-0.1, -0.05) is 19.9 Å². The van der Waals surface area contributed by atoms with E-state index in [-0.39, 0.29) is 5.41 Å². The summed E-state index contributed by atoms with van der Waals surface area (Å²) < 4.78 is 0. The maximum absolute atomic E-state index is 10.8. The minimum atomic E-state index is -0.716. The zero-order valence-corrected chi connectivity index (χ0v) is 7.50. The molecule has 3 aliphatic carbocycles. The molecule has 2 unspecified atom stereocenters. The summed E-state index contributed by atoms with van der Waals surface area (Å²) in [6.45, 7) is 4.36. The first kappa shape index (κ1) is 7.84. The highest BCUT2D eigenvalue weighted by atomic mass is 16.4. The van der Waals surface area contributed by atoms with Crippen molar-refractivity contribution in [3.05, 3.63) is 11.6 Å². The standard InChI is InChI=1S/C10H14O2/c1-10(2)6-3-4-7(9(11)12)8(10)5-6/h4,6,8H,3,5H2,1-2H3,(H,11,12). The number of carboxylic acids is 1. The number of fused-ring (bicyclic) bond motifs is 1. The molecule has 1 fully saturated rings. The lowest BCUT2D eigenvalue weighted by Gasteiger charge is -2.55. The van der Waals surface area contributed by atoms with Crippen molar-refractivity contribution < 1.29 is 9.90 Å². The van der Waals surface area contributed by atoms with Crippen LogP contribution in [0.1, 0.15) is 26.7 Å². The van der Waals surface area contributed by atoms with Crippen molar-refractivity contribution in [3.8, 4) is 0 Å². The SMILES string of the molecule is CC1(C)C2CC=C(C(=O)O)C1C2. The highest BCUT2D eigenvalue weighted by Gasteiger charge is 2.52. The molecule has 0 heterocycles. The summed E-state index contributed by atoms with van der Waals surface area (Å²) in [4.78, 5) is 10.8. The van der Waals surface area contributed by atoms with E-state index < -0.39 is 5.97 Å². The Labute approximate surface area is 72.3 Å². The molecule has 1 N–H and O–H groups in total. The lowest BCUT2D eigenvalue weighted by molar-refractivity contribution is -0.136. The van der Waals surface area contributed by atoms with Gasteiger partial charge in [0.15, 0.2) is 0 Å². The topological polar surface area (TPSA) is 37.3 Å². The summed E-state index contributed by atoms with van der Waals surface area (Å²) in [6, 6.07) is 0. The van der Waals surface area contributed by atoms with Gasteiger partial charge < -0.3 is 5.11 Å². The minimum Gasteiger partial charge on any atom is -0.478 e. The molecule has 0 spiro atoms. The van der Waals surface area contributed by atoms with Gasteiger partial charge >= 0.3 is 5.97 Å². The maximum atomic E-state index is 10.8. The molecule has 0 aromatic carbocycles. The number of hydrogen-bond donors (Lipinski definition) is 1. The van der Waals surface area contributed by atoms with Crippen LogP contribution in [0.2, 0.25) is 0 Å². The van der Waals surface area contributed by atoms with Gasteiger partial charge in [-0.05, 0) is 30.1 Å². The van der Waals surface area contributed by atoms with E-state index in [2.05, 4.69) is 13.8 Å². The maximum Gasteiger partial charge on any atom is 0.331 e. The zero-order chi connectivity index (χ0) is 8.93. The Balaban J connectivity index is 2.30. The van der Waals surface area contributed by atoms with Crippen LogP contribution in [0.4, 0.5) is 0 Å². The van der Waals surface area contributed by atoms with Crippen molar-refractivity contribution in [1.29, 1.82) is 0 Å². The van der Waals surface area contributed by atoms with Gasteiger partial charge in [0, 0.05) is 5.57 Å². The first-order valence-corrected chi connectivity index (χ1v) is 4.47. The van der Waals surface area contributed by atoms with Gasteiger partial charge in [0.25, 0.3) is 0 Å². The van der Waals surface area contributed by atoms with Crippen LogP contribution in [0.3, 0.4) is 0 Å². The predicted molar refractivity (Wildman–Crippen MR) is 45.7 cm³/mol. The summed E-state index contributed by atoms with van der Waals surface area (Å²) in [5, 5.41) is 8.90. The Kier molecular flexibility index (Phi) is 1.39. The quantitative estimate of drug-likeness (QED) is 0.647. The Morgan fingerprint density at radius 1 is 1.67 bits per heavy atom. The second-order valence-corrected chi connectivity index (χ2v) is 4.51. The van der Waals surface area contributed by atoms with E-state index in [9.17, 15) is 4.79 Å². The van der Waals surface area contributed by atoms with E-state index in [0.29, 0.717) is 11.5 Å². The van der Waals surface area contributed by atoms with Crippen LogP contribution in [0.25, 0.3) is 0 Å². The minimum absolute atomic E-state index is 0.239. The van der Waals surface area contributed by atoms with Crippen molar-refractivity contribution in [1.82, 2.24) is 0 Å². The van der Waals surface area contributed by atoms with Crippen molar-refractivity contribution in [2.75, 3.05) is 0 Å². The molecule has 3 rings (SSSR count). The summed E-state index contributed by atoms with van der Waals surface area (Å²) >= 11 is 0. The average Bonchev–Trinajstić information content (AvgIpc) is 2.04. The highest BCUT2D eigenvalue weighted by molar-refractivity contribution is 5.88. The smallest absolute Gasteiger partial charge is 0.331 e. The Bertz CT molecular complexity index is 263.